The van der Waals surface area contributed by atoms with Gasteiger partial charge >= 0.3 is 6.36 Å². The second kappa shape index (κ2) is 9.11. The average molecular weight is 520 g/mol. The van der Waals surface area contributed by atoms with Crippen molar-refractivity contribution in [1.82, 2.24) is 10.5 Å². The number of aromatic nitrogens is 1. The van der Waals surface area contributed by atoms with Gasteiger partial charge < -0.3 is 9.57 Å². The fourth-order valence-electron chi connectivity index (χ4n) is 2.61. The fraction of sp³-hybridized carbons (Fsp3) is 0.100. The van der Waals surface area contributed by atoms with E-state index in [1.54, 1.807) is 25.1 Å². The van der Waals surface area contributed by atoms with Crippen LogP contribution in [0, 0.1) is 12.7 Å². The topological polar surface area (TPSA) is 60.5 Å². The summed E-state index contributed by atoms with van der Waals surface area (Å²) < 4.78 is 57.9. The van der Waals surface area contributed by atoms with Gasteiger partial charge in [-0.05, 0) is 58.2 Å². The lowest BCUT2D eigenvalue weighted by atomic mass is 10.0. The molecular weight excluding hydrogens is 508 g/mol. The molecule has 0 fully saturated rings. The number of aryl methyl sites for hydroxylation is 1. The fourth-order valence-corrected chi connectivity index (χ4v) is 3.18. The first-order valence-electron chi connectivity index (χ1n) is 8.49. The Morgan fingerprint density at radius 3 is 2.48 bits per heavy atom. The maximum atomic E-state index is 14.7. The Kier molecular flexibility index (Phi) is 6.71. The third-order valence-electron chi connectivity index (χ3n) is 4.00. The molecule has 1 N–H and O–H groups in total. The van der Waals surface area contributed by atoms with Gasteiger partial charge in [-0.2, -0.15) is 5.48 Å². The molecule has 0 saturated heterocycles. The molecule has 5 nitrogen and oxygen atoms in total. The second-order valence-corrected chi connectivity index (χ2v) is 7.34. The van der Waals surface area contributed by atoms with Crippen LogP contribution in [0.3, 0.4) is 0 Å². The molecule has 31 heavy (non-hydrogen) atoms. The summed E-state index contributed by atoms with van der Waals surface area (Å²) in [5.41, 5.74) is 2.72. The van der Waals surface area contributed by atoms with Gasteiger partial charge in [0.15, 0.2) is 17.3 Å². The SMILES string of the molecule is Cc1cnc(Br)cc1-c1cc(ONC(=O)c2ccccc2)c(F)c(Cl)c1OC(F)(F)F. The summed E-state index contributed by atoms with van der Waals surface area (Å²) in [7, 11) is 0. The first-order chi connectivity index (χ1) is 14.6. The number of ether oxygens (including phenoxy) is 1. The molecule has 0 aliphatic carbocycles. The third kappa shape index (κ3) is 5.45. The quantitative estimate of drug-likeness (QED) is 0.246. The molecule has 3 rings (SSSR count). The Morgan fingerprint density at radius 2 is 1.84 bits per heavy atom. The van der Waals surface area contributed by atoms with Crippen LogP contribution in [-0.2, 0) is 0 Å². The van der Waals surface area contributed by atoms with Gasteiger partial charge in [0.1, 0.15) is 9.63 Å². The number of amides is 1. The minimum Gasteiger partial charge on any atom is -0.403 e. The summed E-state index contributed by atoms with van der Waals surface area (Å²) >= 11 is 9.00. The Labute approximate surface area is 187 Å². The number of carbonyl (C=O) groups is 1. The molecule has 0 atom stereocenters. The maximum Gasteiger partial charge on any atom is 0.573 e. The Balaban J connectivity index is 2.06. The van der Waals surface area contributed by atoms with E-state index < -0.39 is 34.6 Å². The molecule has 0 saturated carbocycles. The zero-order valence-electron chi connectivity index (χ0n) is 15.6. The van der Waals surface area contributed by atoms with Gasteiger partial charge in [0.25, 0.3) is 5.91 Å². The van der Waals surface area contributed by atoms with Crippen molar-refractivity contribution in [3.8, 4) is 22.6 Å². The van der Waals surface area contributed by atoms with Crippen LogP contribution < -0.4 is 15.1 Å². The van der Waals surface area contributed by atoms with Gasteiger partial charge in [0.05, 0.1) is 0 Å². The van der Waals surface area contributed by atoms with Crippen molar-refractivity contribution in [2.75, 3.05) is 0 Å². The van der Waals surface area contributed by atoms with Gasteiger partial charge in [-0.15, -0.1) is 13.2 Å². The van der Waals surface area contributed by atoms with Crippen molar-refractivity contribution in [2.45, 2.75) is 13.3 Å². The van der Waals surface area contributed by atoms with Gasteiger partial charge in [-0.25, -0.2) is 9.37 Å². The minimum atomic E-state index is -5.13. The van der Waals surface area contributed by atoms with E-state index in [0.717, 1.165) is 6.07 Å². The Morgan fingerprint density at radius 1 is 1.16 bits per heavy atom. The number of alkyl halides is 3. The van der Waals surface area contributed by atoms with Crippen LogP contribution >= 0.6 is 27.5 Å². The van der Waals surface area contributed by atoms with E-state index in [4.69, 9.17) is 16.4 Å². The van der Waals surface area contributed by atoms with E-state index in [1.807, 2.05) is 5.48 Å². The molecule has 0 bridgehead atoms. The van der Waals surface area contributed by atoms with Crippen LogP contribution in [0.2, 0.25) is 5.02 Å². The van der Waals surface area contributed by atoms with E-state index in [1.165, 1.54) is 24.4 Å². The van der Waals surface area contributed by atoms with E-state index in [9.17, 15) is 22.4 Å². The zero-order chi connectivity index (χ0) is 22.8. The molecule has 0 radical (unpaired) electrons. The van der Waals surface area contributed by atoms with Crippen LogP contribution in [0.25, 0.3) is 11.1 Å². The van der Waals surface area contributed by atoms with Crippen molar-refractivity contribution in [3.05, 3.63) is 75.2 Å². The van der Waals surface area contributed by atoms with Gasteiger partial charge in [0, 0.05) is 17.3 Å². The predicted octanol–water partition coefficient (Wildman–Crippen LogP) is 6.23. The molecule has 1 aromatic heterocycles. The highest BCUT2D eigenvalue weighted by Gasteiger charge is 2.35. The van der Waals surface area contributed by atoms with Crippen LogP contribution in [-0.4, -0.2) is 17.3 Å². The normalized spacial score (nSPS) is 11.2. The molecule has 3 aromatic rings. The molecule has 1 heterocycles. The Hall–Kier alpha value is -2.85. The minimum absolute atomic E-state index is 0.215. The van der Waals surface area contributed by atoms with E-state index in [-0.39, 0.29) is 16.7 Å². The van der Waals surface area contributed by atoms with Crippen LogP contribution in [0.15, 0.2) is 53.3 Å². The molecule has 0 unspecified atom stereocenters. The lowest BCUT2D eigenvalue weighted by Gasteiger charge is -2.18. The number of nitrogens with one attached hydrogen (secondary N) is 1. The van der Waals surface area contributed by atoms with Gasteiger partial charge in [0.2, 0.25) is 0 Å². The van der Waals surface area contributed by atoms with E-state index in [2.05, 4.69) is 25.7 Å². The molecule has 1 amide bonds. The highest BCUT2D eigenvalue weighted by atomic mass is 79.9. The van der Waals surface area contributed by atoms with Crippen molar-refractivity contribution in [3.63, 3.8) is 0 Å². The number of halogens is 6. The number of hydrogen-bond donors (Lipinski definition) is 1. The summed E-state index contributed by atoms with van der Waals surface area (Å²) in [5, 5.41) is -0.967. The maximum absolute atomic E-state index is 14.7. The first kappa shape index (κ1) is 22.8. The van der Waals surface area contributed by atoms with E-state index >= 15 is 0 Å². The highest BCUT2D eigenvalue weighted by molar-refractivity contribution is 9.10. The molecule has 0 aliphatic heterocycles. The number of benzene rings is 2. The zero-order valence-corrected chi connectivity index (χ0v) is 17.9. The third-order valence-corrected chi connectivity index (χ3v) is 4.77. The predicted molar refractivity (Wildman–Crippen MR) is 108 cm³/mol. The summed E-state index contributed by atoms with van der Waals surface area (Å²) in [6.45, 7) is 1.58. The second-order valence-electron chi connectivity index (χ2n) is 6.15. The molecular formula is C20H12BrClF4N2O3. The number of hydrogen-bond acceptors (Lipinski definition) is 4. The molecule has 0 aliphatic rings. The molecule has 11 heteroatoms. The van der Waals surface area contributed by atoms with E-state index in [0.29, 0.717) is 10.2 Å². The lowest BCUT2D eigenvalue weighted by Crippen LogP contribution is -2.27. The van der Waals surface area contributed by atoms with Crippen molar-refractivity contribution in [2.24, 2.45) is 0 Å². The largest absolute Gasteiger partial charge is 0.573 e. The monoisotopic (exact) mass is 518 g/mol. The number of pyridine rings is 1. The highest BCUT2D eigenvalue weighted by Crippen LogP contribution is 2.45. The average Bonchev–Trinajstić information content (AvgIpc) is 2.72. The Bertz CT molecular complexity index is 1130. The molecule has 0 spiro atoms. The van der Waals surface area contributed by atoms with Crippen LogP contribution in [0.1, 0.15) is 15.9 Å². The number of nitrogens with zero attached hydrogens (tertiary/aromatic N) is 1. The number of hydroxylamine groups is 1. The first-order valence-corrected chi connectivity index (χ1v) is 9.66. The summed E-state index contributed by atoms with van der Waals surface area (Å²) in [5.74, 6) is -3.60. The van der Waals surface area contributed by atoms with Gasteiger partial charge in [-0.3, -0.25) is 4.79 Å². The van der Waals surface area contributed by atoms with Crippen LogP contribution in [0.4, 0.5) is 17.6 Å². The summed E-state index contributed by atoms with van der Waals surface area (Å²) in [6.07, 6.45) is -3.74. The number of rotatable bonds is 5. The van der Waals surface area contributed by atoms with Gasteiger partial charge in [-0.1, -0.05) is 29.8 Å². The smallest absolute Gasteiger partial charge is 0.403 e. The number of carbonyl (C=O) groups excluding carboxylic acids is 1. The standard InChI is InChI=1S/C20H12BrClF4N2O3/c1-10-9-27-15(21)8-12(10)13-7-14(17(23)16(22)18(13)30-20(24,25)26)31-28-19(29)11-5-3-2-4-6-11/h2-9H,1H3,(H,28,29). The van der Waals surface area contributed by atoms with Crippen LogP contribution in [0.5, 0.6) is 11.5 Å². The van der Waals surface area contributed by atoms with Crippen molar-refractivity contribution < 1.29 is 31.9 Å². The van der Waals surface area contributed by atoms with Crippen molar-refractivity contribution in [1.29, 1.82) is 0 Å². The lowest BCUT2D eigenvalue weighted by molar-refractivity contribution is -0.274. The van der Waals surface area contributed by atoms with Crippen molar-refractivity contribution >= 4 is 33.4 Å². The molecule has 2 aromatic carbocycles. The summed E-state index contributed by atoms with van der Waals surface area (Å²) in [6, 6.07) is 10.3. The molecule has 162 valence electrons. The summed E-state index contributed by atoms with van der Waals surface area (Å²) in [4.78, 5) is 21.2.